The summed E-state index contributed by atoms with van der Waals surface area (Å²) in [6.45, 7) is 1.07. The van der Waals surface area contributed by atoms with Gasteiger partial charge >= 0.3 is 5.97 Å². The van der Waals surface area contributed by atoms with Crippen molar-refractivity contribution in [2.75, 3.05) is 11.4 Å². The number of benzene rings is 3. The first-order valence-corrected chi connectivity index (χ1v) is 9.75. The van der Waals surface area contributed by atoms with E-state index in [4.69, 9.17) is 16.3 Å². The van der Waals surface area contributed by atoms with Gasteiger partial charge in [0.25, 0.3) is 0 Å². The number of rotatable bonds is 6. The zero-order valence-electron chi connectivity index (χ0n) is 15.9. The van der Waals surface area contributed by atoms with Crippen LogP contribution in [-0.4, -0.2) is 17.6 Å². The maximum absolute atomic E-state index is 13.9. The summed E-state index contributed by atoms with van der Waals surface area (Å²) in [5.74, 6) is -1.72. The molecule has 0 aromatic heterocycles. The second-order valence-electron chi connectivity index (χ2n) is 7.06. The summed E-state index contributed by atoms with van der Waals surface area (Å²) in [4.78, 5) is 13.6. The molecule has 7 heteroatoms. The van der Waals surface area contributed by atoms with Gasteiger partial charge in [0.1, 0.15) is 24.0 Å². The van der Waals surface area contributed by atoms with Gasteiger partial charge in [-0.05, 0) is 54.4 Å². The lowest BCUT2D eigenvalue weighted by atomic mass is 10.1. The largest absolute Gasteiger partial charge is 0.488 e. The zero-order chi connectivity index (χ0) is 21.3. The summed E-state index contributed by atoms with van der Waals surface area (Å²) in [6.07, 6.45) is 0.634. The van der Waals surface area contributed by atoms with Crippen molar-refractivity contribution in [3.63, 3.8) is 0 Å². The van der Waals surface area contributed by atoms with E-state index in [1.807, 2.05) is 6.07 Å². The van der Waals surface area contributed by atoms with Gasteiger partial charge in [0, 0.05) is 41.0 Å². The summed E-state index contributed by atoms with van der Waals surface area (Å²) >= 11 is 6.18. The fourth-order valence-electron chi connectivity index (χ4n) is 3.68. The Labute approximate surface area is 177 Å². The van der Waals surface area contributed by atoms with Crippen LogP contribution in [0.25, 0.3) is 0 Å². The van der Waals surface area contributed by atoms with Gasteiger partial charge < -0.3 is 14.7 Å². The van der Waals surface area contributed by atoms with Crippen LogP contribution in [0.1, 0.15) is 27.0 Å². The summed E-state index contributed by atoms with van der Waals surface area (Å²) in [6, 6.07) is 13.8. The Kier molecular flexibility index (Phi) is 5.59. The highest BCUT2D eigenvalue weighted by Gasteiger charge is 2.25. The molecule has 30 heavy (non-hydrogen) atoms. The SMILES string of the molecule is O=C(O)c1cccc2c1CCN2Cc1cc(Cl)ccc1OCc1ccc(F)cc1F. The van der Waals surface area contributed by atoms with Gasteiger partial charge in [-0.1, -0.05) is 17.7 Å². The summed E-state index contributed by atoms with van der Waals surface area (Å²) in [5, 5.41) is 9.94. The average Bonchev–Trinajstić information content (AvgIpc) is 3.11. The van der Waals surface area contributed by atoms with Crippen LogP contribution < -0.4 is 9.64 Å². The summed E-state index contributed by atoms with van der Waals surface area (Å²) in [5.41, 5.74) is 3.02. The van der Waals surface area contributed by atoms with Crippen LogP contribution in [0.3, 0.4) is 0 Å². The van der Waals surface area contributed by atoms with Crippen molar-refractivity contribution in [1.29, 1.82) is 0 Å². The van der Waals surface area contributed by atoms with E-state index < -0.39 is 17.6 Å². The highest BCUT2D eigenvalue weighted by molar-refractivity contribution is 6.30. The smallest absolute Gasteiger partial charge is 0.336 e. The Bertz CT molecular complexity index is 1120. The first-order valence-electron chi connectivity index (χ1n) is 9.37. The van der Waals surface area contributed by atoms with Gasteiger partial charge in [-0.2, -0.15) is 0 Å². The molecule has 1 heterocycles. The molecule has 0 bridgehead atoms. The van der Waals surface area contributed by atoms with E-state index in [9.17, 15) is 18.7 Å². The topological polar surface area (TPSA) is 49.8 Å². The van der Waals surface area contributed by atoms with Crippen LogP contribution in [-0.2, 0) is 19.6 Å². The van der Waals surface area contributed by atoms with E-state index >= 15 is 0 Å². The molecule has 1 aliphatic rings. The molecule has 0 radical (unpaired) electrons. The molecule has 0 aliphatic carbocycles. The van der Waals surface area contributed by atoms with Crippen LogP contribution in [0, 0.1) is 11.6 Å². The molecule has 0 unspecified atom stereocenters. The van der Waals surface area contributed by atoms with Crippen LogP contribution in [0.5, 0.6) is 5.75 Å². The predicted octanol–water partition coefficient (Wildman–Crippen LogP) is 5.46. The van der Waals surface area contributed by atoms with Crippen molar-refractivity contribution in [3.05, 3.63) is 93.5 Å². The Morgan fingerprint density at radius 1 is 1.10 bits per heavy atom. The number of ether oxygens (including phenoxy) is 1. The fraction of sp³-hybridized carbons (Fsp3) is 0.174. The molecule has 0 amide bonds. The minimum Gasteiger partial charge on any atom is -0.488 e. The quantitative estimate of drug-likeness (QED) is 0.565. The Morgan fingerprint density at radius 3 is 2.70 bits per heavy atom. The van der Waals surface area contributed by atoms with Crippen molar-refractivity contribution < 1.29 is 23.4 Å². The number of fused-ring (bicyclic) bond motifs is 1. The molecule has 0 spiro atoms. The van der Waals surface area contributed by atoms with E-state index in [1.54, 1.807) is 30.3 Å². The minimum atomic E-state index is -0.943. The van der Waals surface area contributed by atoms with Gasteiger partial charge in [0.2, 0.25) is 0 Å². The molecular weight excluding hydrogens is 412 g/mol. The van der Waals surface area contributed by atoms with Crippen LogP contribution in [0.15, 0.2) is 54.6 Å². The third-order valence-electron chi connectivity index (χ3n) is 5.14. The van der Waals surface area contributed by atoms with Crippen LogP contribution in [0.4, 0.5) is 14.5 Å². The lowest BCUT2D eigenvalue weighted by molar-refractivity contribution is 0.0696. The van der Waals surface area contributed by atoms with Crippen molar-refractivity contribution in [1.82, 2.24) is 0 Å². The van der Waals surface area contributed by atoms with Crippen molar-refractivity contribution in [2.24, 2.45) is 0 Å². The van der Waals surface area contributed by atoms with Crippen LogP contribution in [0.2, 0.25) is 5.02 Å². The zero-order valence-corrected chi connectivity index (χ0v) is 16.6. The Morgan fingerprint density at radius 2 is 1.93 bits per heavy atom. The molecule has 0 saturated carbocycles. The number of carbonyl (C=O) groups is 1. The number of carboxylic acid groups (broad SMARTS) is 1. The molecule has 4 nitrogen and oxygen atoms in total. The van der Waals surface area contributed by atoms with Crippen LogP contribution >= 0.6 is 11.6 Å². The Hall–Kier alpha value is -3.12. The van der Waals surface area contributed by atoms with Crippen molar-refractivity contribution >= 4 is 23.3 Å². The van der Waals surface area contributed by atoms with E-state index in [0.717, 1.165) is 22.9 Å². The van der Waals surface area contributed by atoms with E-state index in [0.29, 0.717) is 35.8 Å². The second-order valence-corrected chi connectivity index (χ2v) is 7.49. The summed E-state index contributed by atoms with van der Waals surface area (Å²) in [7, 11) is 0. The maximum atomic E-state index is 13.9. The first-order chi connectivity index (χ1) is 14.4. The average molecular weight is 430 g/mol. The minimum absolute atomic E-state index is 0.0551. The number of anilines is 1. The van der Waals surface area contributed by atoms with E-state index in [-0.39, 0.29) is 12.2 Å². The van der Waals surface area contributed by atoms with Gasteiger partial charge in [0.05, 0.1) is 5.56 Å². The first kappa shape index (κ1) is 20.2. The molecule has 1 N–H and O–H groups in total. The standard InChI is InChI=1S/C23H18ClF2NO3/c24-16-5-7-22(30-13-14-4-6-17(25)11-20(14)26)15(10-16)12-27-9-8-18-19(23(28)29)2-1-3-21(18)27/h1-7,10-11H,8-9,12-13H2,(H,28,29). The molecule has 0 saturated heterocycles. The Balaban J connectivity index is 1.57. The predicted molar refractivity (Wildman–Crippen MR) is 110 cm³/mol. The number of nitrogens with zero attached hydrogens (tertiary/aromatic N) is 1. The number of aromatic carboxylic acids is 1. The molecular formula is C23H18ClF2NO3. The number of halogens is 3. The second kappa shape index (κ2) is 8.32. The molecule has 3 aromatic rings. The third-order valence-corrected chi connectivity index (χ3v) is 5.37. The van der Waals surface area contributed by atoms with Gasteiger partial charge in [0.15, 0.2) is 0 Å². The third kappa shape index (κ3) is 4.09. The molecule has 154 valence electrons. The van der Waals surface area contributed by atoms with Gasteiger partial charge in [-0.3, -0.25) is 0 Å². The monoisotopic (exact) mass is 429 g/mol. The fourth-order valence-corrected chi connectivity index (χ4v) is 3.87. The normalized spacial score (nSPS) is 12.7. The molecule has 3 aromatic carbocycles. The number of hydrogen-bond donors (Lipinski definition) is 1. The molecule has 1 aliphatic heterocycles. The number of carboxylic acids is 1. The van der Waals surface area contributed by atoms with E-state index in [1.165, 1.54) is 12.1 Å². The highest BCUT2D eigenvalue weighted by Crippen LogP contribution is 2.34. The highest BCUT2D eigenvalue weighted by atomic mass is 35.5. The van der Waals surface area contributed by atoms with Gasteiger partial charge in [-0.25, -0.2) is 13.6 Å². The van der Waals surface area contributed by atoms with E-state index in [2.05, 4.69) is 4.90 Å². The molecule has 4 rings (SSSR count). The molecule has 0 fully saturated rings. The summed E-state index contributed by atoms with van der Waals surface area (Å²) < 4.78 is 32.8. The van der Waals surface area contributed by atoms with Gasteiger partial charge in [-0.15, -0.1) is 0 Å². The molecule has 0 atom stereocenters. The van der Waals surface area contributed by atoms with Crippen molar-refractivity contribution in [3.8, 4) is 5.75 Å². The lowest BCUT2D eigenvalue weighted by Gasteiger charge is -2.22. The lowest BCUT2D eigenvalue weighted by Crippen LogP contribution is -2.20. The maximum Gasteiger partial charge on any atom is 0.336 e. The number of hydrogen-bond acceptors (Lipinski definition) is 3. The van der Waals surface area contributed by atoms with Crippen molar-refractivity contribution in [2.45, 2.75) is 19.6 Å².